The number of hydrogen-bond donors (Lipinski definition) is 0. The van der Waals surface area contributed by atoms with Crippen LogP contribution >= 0.6 is 0 Å². The second-order valence-corrected chi connectivity index (χ2v) is 3.83. The van der Waals surface area contributed by atoms with Crippen molar-refractivity contribution in [2.45, 2.75) is 24.0 Å². The summed E-state index contributed by atoms with van der Waals surface area (Å²) in [6.07, 6.45) is 4.18. The Morgan fingerprint density at radius 1 is 1.67 bits per heavy atom. The molecule has 0 atom stereocenters. The van der Waals surface area contributed by atoms with E-state index in [2.05, 4.69) is 19.0 Å². The molecule has 9 heavy (non-hydrogen) atoms. The van der Waals surface area contributed by atoms with Gasteiger partial charge in [-0.3, -0.25) is 0 Å². The van der Waals surface area contributed by atoms with E-state index in [-0.39, 0.29) is 0 Å². The number of hydrogen-bond acceptors (Lipinski definition) is 0. The summed E-state index contributed by atoms with van der Waals surface area (Å²) in [6, 6.07) is 0. The molecular weight excluding hydrogens is 175 g/mol. The minimum atomic E-state index is 0.762. The maximum absolute atomic E-state index is 3.95. The molecule has 0 aromatic heterocycles. The topological polar surface area (TPSA) is 0 Å². The number of allylic oxidation sites excluding steroid dienone is 2. The van der Waals surface area contributed by atoms with E-state index in [0.29, 0.717) is 0 Å². The normalized spacial score (nSPS) is 9.00. The van der Waals surface area contributed by atoms with Crippen LogP contribution in [-0.4, -0.2) is 15.0 Å². The first-order valence-electron chi connectivity index (χ1n) is 3.07. The van der Waals surface area contributed by atoms with Gasteiger partial charge in [0.25, 0.3) is 0 Å². The Balaban J connectivity index is 3.16. The van der Waals surface area contributed by atoms with Gasteiger partial charge < -0.3 is 0 Å². The van der Waals surface area contributed by atoms with Crippen LogP contribution in [0, 0.1) is 0 Å². The Morgan fingerprint density at radius 2 is 2.33 bits per heavy atom. The van der Waals surface area contributed by atoms with Crippen molar-refractivity contribution >= 4 is 15.0 Å². The Kier molecular flexibility index (Phi) is 6.12. The molecule has 0 saturated carbocycles. The van der Waals surface area contributed by atoms with Gasteiger partial charge in [0.2, 0.25) is 0 Å². The van der Waals surface area contributed by atoms with Gasteiger partial charge in [0, 0.05) is 0 Å². The molecule has 0 aliphatic heterocycles. The molecule has 0 spiro atoms. The van der Waals surface area contributed by atoms with Crippen LogP contribution in [0.3, 0.4) is 0 Å². The van der Waals surface area contributed by atoms with Crippen molar-refractivity contribution in [2.75, 3.05) is 0 Å². The second kappa shape index (κ2) is 6.12. The van der Waals surface area contributed by atoms with Gasteiger partial charge in [0.1, 0.15) is 0 Å². The van der Waals surface area contributed by atoms with E-state index < -0.39 is 0 Å². The average Bonchev–Trinajstić information content (AvgIpc) is 1.85. The summed E-state index contributed by atoms with van der Waals surface area (Å²) in [5.41, 5.74) is 1.39. The van der Waals surface area contributed by atoms with E-state index in [1.807, 2.05) is 6.08 Å². The first-order valence-corrected chi connectivity index (χ1v) is 6.00. The van der Waals surface area contributed by atoms with Crippen molar-refractivity contribution in [1.82, 2.24) is 0 Å². The maximum atomic E-state index is 3.95. The van der Waals surface area contributed by atoms with Gasteiger partial charge in [-0.1, -0.05) is 0 Å². The molecule has 0 N–H and O–H groups in total. The zero-order chi connectivity index (χ0) is 7.11. The average molecular weight is 189 g/mol. The third-order valence-electron chi connectivity index (χ3n) is 1.05. The van der Waals surface area contributed by atoms with E-state index in [1.54, 1.807) is 0 Å². The van der Waals surface area contributed by atoms with Gasteiger partial charge >= 0.3 is 63.7 Å². The van der Waals surface area contributed by atoms with Gasteiger partial charge in [0.05, 0.1) is 0 Å². The van der Waals surface area contributed by atoms with E-state index in [0.717, 1.165) is 27.8 Å². The molecule has 0 amide bonds. The van der Waals surface area contributed by atoms with Crippen molar-refractivity contribution in [3.63, 3.8) is 0 Å². The van der Waals surface area contributed by atoms with E-state index in [4.69, 9.17) is 0 Å². The Labute approximate surface area is 64.2 Å². The van der Waals surface area contributed by atoms with Crippen LogP contribution in [0.4, 0.5) is 0 Å². The van der Waals surface area contributed by atoms with Crippen LogP contribution < -0.4 is 0 Å². The standard InChI is InChI=1S/C8H14Se/c1-4-5-6-8(2)7-9-3/h4H,1-2,5-7H2,3H3. The molecule has 0 fully saturated rings. The molecule has 0 aromatic carbocycles. The van der Waals surface area contributed by atoms with Gasteiger partial charge in [-0.15, -0.1) is 0 Å². The number of rotatable bonds is 5. The summed E-state index contributed by atoms with van der Waals surface area (Å²) < 4.78 is 0. The van der Waals surface area contributed by atoms with Crippen molar-refractivity contribution in [3.8, 4) is 0 Å². The van der Waals surface area contributed by atoms with Crippen molar-refractivity contribution in [1.29, 1.82) is 0 Å². The first-order chi connectivity index (χ1) is 4.31. The molecule has 0 heterocycles. The summed E-state index contributed by atoms with van der Waals surface area (Å²) in [5.74, 6) is 2.24. The third-order valence-corrected chi connectivity index (χ3v) is 2.51. The first kappa shape index (κ1) is 9.00. The van der Waals surface area contributed by atoms with Gasteiger partial charge in [-0.2, -0.15) is 0 Å². The molecule has 0 aliphatic rings. The zero-order valence-electron chi connectivity index (χ0n) is 6.02. The van der Waals surface area contributed by atoms with Crippen molar-refractivity contribution < 1.29 is 0 Å². The fraction of sp³-hybridized carbons (Fsp3) is 0.500. The van der Waals surface area contributed by atoms with Crippen LogP contribution in [0.1, 0.15) is 12.8 Å². The molecular formula is C8H14Se. The summed E-state index contributed by atoms with van der Waals surface area (Å²) >= 11 is 0.762. The van der Waals surface area contributed by atoms with Crippen LogP contribution in [0.25, 0.3) is 0 Å². The Morgan fingerprint density at radius 3 is 2.78 bits per heavy atom. The monoisotopic (exact) mass is 190 g/mol. The SMILES string of the molecule is C=CCCC(=C)C[Se]C. The molecule has 0 bridgehead atoms. The fourth-order valence-electron chi connectivity index (χ4n) is 0.582. The predicted molar refractivity (Wildman–Crippen MR) is 45.0 cm³/mol. The molecule has 0 nitrogen and oxygen atoms in total. The molecule has 0 saturated heterocycles. The van der Waals surface area contributed by atoms with Crippen molar-refractivity contribution in [3.05, 3.63) is 24.8 Å². The fourth-order valence-corrected chi connectivity index (χ4v) is 1.74. The van der Waals surface area contributed by atoms with Gasteiger partial charge in [-0.05, 0) is 0 Å². The molecule has 0 radical (unpaired) electrons. The summed E-state index contributed by atoms with van der Waals surface area (Å²) in [5, 5.41) is 1.24. The Bertz CT molecular complexity index is 94.7. The molecule has 0 aliphatic carbocycles. The molecule has 0 unspecified atom stereocenters. The summed E-state index contributed by atoms with van der Waals surface area (Å²) in [7, 11) is 0. The molecule has 0 aromatic rings. The van der Waals surface area contributed by atoms with Gasteiger partial charge in [-0.25, -0.2) is 0 Å². The minimum absolute atomic E-state index is 0.762. The second-order valence-electron chi connectivity index (χ2n) is 2.01. The summed E-state index contributed by atoms with van der Waals surface area (Å²) in [4.78, 5) is 0. The third kappa shape index (κ3) is 5.88. The van der Waals surface area contributed by atoms with Crippen LogP contribution in [0.5, 0.6) is 0 Å². The molecule has 0 rings (SSSR count). The van der Waals surface area contributed by atoms with Crippen LogP contribution in [0.2, 0.25) is 11.1 Å². The zero-order valence-corrected chi connectivity index (χ0v) is 7.73. The van der Waals surface area contributed by atoms with Gasteiger partial charge in [0.15, 0.2) is 0 Å². The van der Waals surface area contributed by atoms with Crippen LogP contribution in [-0.2, 0) is 0 Å². The summed E-state index contributed by atoms with van der Waals surface area (Å²) in [6.45, 7) is 7.61. The Hall–Kier alpha value is -0.000519. The quantitative estimate of drug-likeness (QED) is 0.460. The van der Waals surface area contributed by atoms with E-state index in [9.17, 15) is 0 Å². The molecule has 52 valence electrons. The van der Waals surface area contributed by atoms with Crippen LogP contribution in [0.15, 0.2) is 24.8 Å². The van der Waals surface area contributed by atoms with E-state index >= 15 is 0 Å². The molecule has 1 heteroatoms. The van der Waals surface area contributed by atoms with Crippen molar-refractivity contribution in [2.24, 2.45) is 0 Å². The predicted octanol–water partition coefficient (Wildman–Crippen LogP) is 2.68. The van der Waals surface area contributed by atoms with E-state index in [1.165, 1.54) is 10.9 Å².